The number of ether oxygens (including phenoxy) is 1. The monoisotopic (exact) mass is 176 g/mol. The van der Waals surface area contributed by atoms with Crippen LogP contribution in [0, 0.1) is 0 Å². The molecule has 0 heterocycles. The molecule has 0 bridgehead atoms. The lowest BCUT2D eigenvalue weighted by molar-refractivity contribution is -0.134. The van der Waals surface area contributed by atoms with E-state index in [9.17, 15) is 4.79 Å². The van der Waals surface area contributed by atoms with E-state index in [1.54, 1.807) is 6.08 Å². The SMILES string of the molecule is C/C=C(\OC(C)=O)c1ccccc1. The zero-order chi connectivity index (χ0) is 9.68. The second kappa shape index (κ2) is 4.45. The smallest absolute Gasteiger partial charge is 0.308 e. The van der Waals surface area contributed by atoms with Crippen LogP contribution in [0.1, 0.15) is 19.4 Å². The Labute approximate surface area is 77.8 Å². The Morgan fingerprint density at radius 3 is 2.38 bits per heavy atom. The van der Waals surface area contributed by atoms with Crippen LogP contribution in [0.4, 0.5) is 0 Å². The average Bonchev–Trinajstić information content (AvgIpc) is 2.15. The minimum absolute atomic E-state index is 0.294. The van der Waals surface area contributed by atoms with E-state index in [1.807, 2.05) is 37.3 Å². The van der Waals surface area contributed by atoms with Gasteiger partial charge in [0.15, 0.2) is 0 Å². The Morgan fingerprint density at radius 1 is 1.31 bits per heavy atom. The Hall–Kier alpha value is -1.57. The van der Waals surface area contributed by atoms with Crippen molar-refractivity contribution in [3.05, 3.63) is 42.0 Å². The first-order chi connectivity index (χ1) is 6.24. The van der Waals surface area contributed by atoms with Gasteiger partial charge in [-0.3, -0.25) is 4.79 Å². The molecule has 0 aliphatic rings. The predicted octanol–water partition coefficient (Wildman–Crippen LogP) is 2.61. The van der Waals surface area contributed by atoms with Gasteiger partial charge < -0.3 is 4.74 Å². The molecule has 0 saturated heterocycles. The number of rotatable bonds is 2. The first-order valence-corrected chi connectivity index (χ1v) is 4.14. The molecule has 0 radical (unpaired) electrons. The predicted molar refractivity (Wildman–Crippen MR) is 51.9 cm³/mol. The third kappa shape index (κ3) is 2.75. The van der Waals surface area contributed by atoms with Gasteiger partial charge in [0, 0.05) is 12.5 Å². The van der Waals surface area contributed by atoms with Gasteiger partial charge >= 0.3 is 5.97 Å². The van der Waals surface area contributed by atoms with E-state index in [2.05, 4.69) is 0 Å². The van der Waals surface area contributed by atoms with Gasteiger partial charge in [-0.1, -0.05) is 30.3 Å². The largest absolute Gasteiger partial charge is 0.426 e. The van der Waals surface area contributed by atoms with Crippen LogP contribution in [0.2, 0.25) is 0 Å². The molecule has 0 fully saturated rings. The first kappa shape index (κ1) is 9.52. The standard InChI is InChI=1S/C11H12O2/c1-3-11(13-9(2)12)10-7-5-4-6-8-10/h3-8H,1-2H3/b11-3-. The van der Waals surface area contributed by atoms with Crippen LogP contribution in [0.25, 0.3) is 5.76 Å². The molecule has 1 rings (SSSR count). The maximum absolute atomic E-state index is 10.7. The van der Waals surface area contributed by atoms with Crippen molar-refractivity contribution < 1.29 is 9.53 Å². The van der Waals surface area contributed by atoms with Crippen molar-refractivity contribution in [3.63, 3.8) is 0 Å². The van der Waals surface area contributed by atoms with Gasteiger partial charge in [0.25, 0.3) is 0 Å². The van der Waals surface area contributed by atoms with Crippen molar-refractivity contribution >= 4 is 11.7 Å². The third-order valence-electron chi connectivity index (χ3n) is 1.57. The highest BCUT2D eigenvalue weighted by Crippen LogP contribution is 2.14. The molecule has 0 aliphatic heterocycles. The van der Waals surface area contributed by atoms with Crippen molar-refractivity contribution in [2.24, 2.45) is 0 Å². The summed E-state index contributed by atoms with van der Waals surface area (Å²) in [4.78, 5) is 10.7. The lowest BCUT2D eigenvalue weighted by atomic mass is 10.2. The van der Waals surface area contributed by atoms with E-state index >= 15 is 0 Å². The minimum atomic E-state index is -0.294. The molecule has 13 heavy (non-hydrogen) atoms. The van der Waals surface area contributed by atoms with E-state index in [-0.39, 0.29) is 5.97 Å². The van der Waals surface area contributed by atoms with Crippen LogP contribution in [0.15, 0.2) is 36.4 Å². The average molecular weight is 176 g/mol. The molecule has 68 valence electrons. The molecule has 0 aliphatic carbocycles. The zero-order valence-corrected chi connectivity index (χ0v) is 7.78. The van der Waals surface area contributed by atoms with Crippen LogP contribution in [0.5, 0.6) is 0 Å². The topological polar surface area (TPSA) is 26.3 Å². The van der Waals surface area contributed by atoms with Crippen LogP contribution < -0.4 is 0 Å². The number of carbonyl (C=O) groups excluding carboxylic acids is 1. The number of hydrogen-bond acceptors (Lipinski definition) is 2. The first-order valence-electron chi connectivity index (χ1n) is 4.14. The van der Waals surface area contributed by atoms with Crippen molar-refractivity contribution in [1.29, 1.82) is 0 Å². The molecular weight excluding hydrogens is 164 g/mol. The Morgan fingerprint density at radius 2 is 1.92 bits per heavy atom. The molecule has 1 aromatic rings. The third-order valence-corrected chi connectivity index (χ3v) is 1.57. The van der Waals surface area contributed by atoms with Crippen LogP contribution in [0.3, 0.4) is 0 Å². The highest BCUT2D eigenvalue weighted by molar-refractivity contribution is 5.75. The number of allylic oxidation sites excluding steroid dienone is 1. The molecule has 0 saturated carbocycles. The molecule has 0 amide bonds. The number of benzene rings is 1. The molecule has 0 N–H and O–H groups in total. The Balaban J connectivity index is 2.86. The van der Waals surface area contributed by atoms with Crippen molar-refractivity contribution in [3.8, 4) is 0 Å². The summed E-state index contributed by atoms with van der Waals surface area (Å²) in [5.41, 5.74) is 0.917. The second-order valence-corrected chi connectivity index (χ2v) is 2.61. The summed E-state index contributed by atoms with van der Waals surface area (Å²) < 4.78 is 5.01. The highest BCUT2D eigenvalue weighted by atomic mass is 16.5. The van der Waals surface area contributed by atoms with Crippen LogP contribution in [-0.2, 0) is 9.53 Å². The Bertz CT molecular complexity index is 312. The molecule has 0 aromatic heterocycles. The summed E-state index contributed by atoms with van der Waals surface area (Å²) in [5.74, 6) is 0.310. The van der Waals surface area contributed by atoms with Crippen LogP contribution >= 0.6 is 0 Å². The molecular formula is C11H12O2. The summed E-state index contributed by atoms with van der Waals surface area (Å²) in [6.45, 7) is 3.23. The van der Waals surface area contributed by atoms with Gasteiger partial charge in [0.2, 0.25) is 0 Å². The van der Waals surface area contributed by atoms with E-state index in [1.165, 1.54) is 6.92 Å². The maximum Gasteiger partial charge on any atom is 0.308 e. The summed E-state index contributed by atoms with van der Waals surface area (Å²) in [7, 11) is 0. The maximum atomic E-state index is 10.7. The van der Waals surface area contributed by atoms with Gasteiger partial charge in [-0.25, -0.2) is 0 Å². The summed E-state index contributed by atoms with van der Waals surface area (Å²) in [5, 5.41) is 0. The molecule has 2 nitrogen and oxygen atoms in total. The molecule has 0 unspecified atom stereocenters. The fraction of sp³-hybridized carbons (Fsp3) is 0.182. The summed E-state index contributed by atoms with van der Waals surface area (Å²) in [6, 6.07) is 9.53. The fourth-order valence-electron chi connectivity index (χ4n) is 1.04. The van der Waals surface area contributed by atoms with Crippen molar-refractivity contribution in [2.75, 3.05) is 0 Å². The molecule has 0 spiro atoms. The van der Waals surface area contributed by atoms with E-state index in [0.29, 0.717) is 5.76 Å². The van der Waals surface area contributed by atoms with Gasteiger partial charge in [-0.15, -0.1) is 0 Å². The highest BCUT2D eigenvalue weighted by Gasteiger charge is 2.02. The molecule has 2 heteroatoms. The number of carbonyl (C=O) groups is 1. The number of esters is 1. The van der Waals surface area contributed by atoms with Gasteiger partial charge in [-0.2, -0.15) is 0 Å². The lowest BCUT2D eigenvalue weighted by Gasteiger charge is -2.05. The molecule has 0 atom stereocenters. The van der Waals surface area contributed by atoms with E-state index in [4.69, 9.17) is 4.74 Å². The quantitative estimate of drug-likeness (QED) is 0.511. The normalized spacial score (nSPS) is 11.1. The Kier molecular flexibility index (Phi) is 3.26. The van der Waals surface area contributed by atoms with Crippen LogP contribution in [-0.4, -0.2) is 5.97 Å². The zero-order valence-electron chi connectivity index (χ0n) is 7.78. The van der Waals surface area contributed by atoms with Crippen molar-refractivity contribution in [1.82, 2.24) is 0 Å². The minimum Gasteiger partial charge on any atom is -0.426 e. The van der Waals surface area contributed by atoms with Gasteiger partial charge in [-0.05, 0) is 13.0 Å². The van der Waals surface area contributed by atoms with E-state index < -0.39 is 0 Å². The van der Waals surface area contributed by atoms with Crippen molar-refractivity contribution in [2.45, 2.75) is 13.8 Å². The fourth-order valence-corrected chi connectivity index (χ4v) is 1.04. The van der Waals surface area contributed by atoms with E-state index in [0.717, 1.165) is 5.56 Å². The van der Waals surface area contributed by atoms with Gasteiger partial charge in [0.05, 0.1) is 0 Å². The number of hydrogen-bond donors (Lipinski definition) is 0. The second-order valence-electron chi connectivity index (χ2n) is 2.61. The summed E-state index contributed by atoms with van der Waals surface area (Å²) in [6.07, 6.45) is 1.77. The van der Waals surface area contributed by atoms with Gasteiger partial charge in [0.1, 0.15) is 5.76 Å². The molecule has 1 aromatic carbocycles. The summed E-state index contributed by atoms with van der Waals surface area (Å²) >= 11 is 0. The lowest BCUT2D eigenvalue weighted by Crippen LogP contribution is -1.97.